The highest BCUT2D eigenvalue weighted by atomic mass is 35.5. The largest absolute Gasteiger partial charge is 0.218 e. The lowest BCUT2D eigenvalue weighted by molar-refractivity contribution is 0.719. The fraction of sp³-hybridized carbons (Fsp3) is 0.333. The van der Waals surface area contributed by atoms with Gasteiger partial charge in [0.05, 0.1) is 17.6 Å². The molecule has 2 aromatic rings. The van der Waals surface area contributed by atoms with E-state index in [2.05, 4.69) is 10.3 Å². The van der Waals surface area contributed by atoms with Crippen LogP contribution < -0.4 is 0 Å². The van der Waals surface area contributed by atoms with Crippen LogP contribution in [0.15, 0.2) is 36.5 Å². The molecule has 0 spiro atoms. The molecule has 0 aliphatic heterocycles. The standard InChI is InChI=1S/C12H14ClN3/c1-10(13)7-8-12-9-14-15-16(12)11-5-3-2-4-6-11/h2-6,9-10H,7-8H2,1H3. The van der Waals surface area contributed by atoms with E-state index in [-0.39, 0.29) is 5.38 Å². The lowest BCUT2D eigenvalue weighted by Gasteiger charge is -2.06. The van der Waals surface area contributed by atoms with Crippen LogP contribution in [0.4, 0.5) is 0 Å². The number of hydrogen-bond acceptors (Lipinski definition) is 2. The first kappa shape index (κ1) is 11.1. The Morgan fingerprint density at radius 1 is 1.31 bits per heavy atom. The highest BCUT2D eigenvalue weighted by Gasteiger charge is 2.06. The Morgan fingerprint density at radius 2 is 2.06 bits per heavy atom. The van der Waals surface area contributed by atoms with Gasteiger partial charge in [-0.25, -0.2) is 4.68 Å². The molecular formula is C12H14ClN3. The quantitative estimate of drug-likeness (QED) is 0.763. The van der Waals surface area contributed by atoms with E-state index in [9.17, 15) is 0 Å². The second-order valence-electron chi connectivity index (χ2n) is 3.79. The molecule has 0 amide bonds. The summed E-state index contributed by atoms with van der Waals surface area (Å²) in [6.45, 7) is 2.00. The average molecular weight is 236 g/mol. The Hall–Kier alpha value is -1.35. The smallest absolute Gasteiger partial charge is 0.0729 e. The van der Waals surface area contributed by atoms with Gasteiger partial charge >= 0.3 is 0 Å². The molecule has 0 fully saturated rings. The van der Waals surface area contributed by atoms with Crippen LogP contribution in [0.5, 0.6) is 0 Å². The maximum absolute atomic E-state index is 5.94. The zero-order valence-corrected chi connectivity index (χ0v) is 9.93. The molecule has 1 unspecified atom stereocenters. The molecule has 0 aliphatic carbocycles. The number of nitrogens with zero attached hydrogens (tertiary/aromatic N) is 3. The first-order chi connectivity index (χ1) is 7.77. The van der Waals surface area contributed by atoms with Gasteiger partial charge in [-0.3, -0.25) is 0 Å². The minimum absolute atomic E-state index is 0.180. The van der Waals surface area contributed by atoms with Gasteiger partial charge in [0.25, 0.3) is 0 Å². The summed E-state index contributed by atoms with van der Waals surface area (Å²) < 4.78 is 1.86. The van der Waals surface area contributed by atoms with Crippen LogP contribution in [0, 0.1) is 0 Å². The zero-order chi connectivity index (χ0) is 11.4. The van der Waals surface area contributed by atoms with Crippen LogP contribution in [-0.4, -0.2) is 20.4 Å². The number of halogens is 1. The zero-order valence-electron chi connectivity index (χ0n) is 9.18. The van der Waals surface area contributed by atoms with Crippen LogP contribution in [0.2, 0.25) is 0 Å². The fourth-order valence-electron chi connectivity index (χ4n) is 1.56. The molecule has 1 aromatic carbocycles. The summed E-state index contributed by atoms with van der Waals surface area (Å²) in [6.07, 6.45) is 3.63. The Kier molecular flexibility index (Phi) is 3.57. The van der Waals surface area contributed by atoms with Crippen molar-refractivity contribution in [3.05, 3.63) is 42.2 Å². The molecular weight excluding hydrogens is 222 g/mol. The maximum Gasteiger partial charge on any atom is 0.0729 e. The summed E-state index contributed by atoms with van der Waals surface area (Å²) in [7, 11) is 0. The molecule has 0 aliphatic rings. The SMILES string of the molecule is CC(Cl)CCc1cnnn1-c1ccccc1. The molecule has 16 heavy (non-hydrogen) atoms. The topological polar surface area (TPSA) is 30.7 Å². The van der Waals surface area contributed by atoms with Crippen molar-refractivity contribution in [2.45, 2.75) is 25.1 Å². The first-order valence-corrected chi connectivity index (χ1v) is 5.80. The summed E-state index contributed by atoms with van der Waals surface area (Å²) in [5.74, 6) is 0. The van der Waals surface area contributed by atoms with Crippen molar-refractivity contribution in [2.24, 2.45) is 0 Å². The molecule has 84 valence electrons. The number of benzene rings is 1. The van der Waals surface area contributed by atoms with E-state index in [0.717, 1.165) is 24.2 Å². The van der Waals surface area contributed by atoms with E-state index in [1.54, 1.807) is 6.20 Å². The highest BCUT2D eigenvalue weighted by molar-refractivity contribution is 6.20. The second-order valence-corrected chi connectivity index (χ2v) is 4.54. The van der Waals surface area contributed by atoms with Crippen LogP contribution in [0.25, 0.3) is 5.69 Å². The van der Waals surface area contributed by atoms with E-state index in [1.165, 1.54) is 0 Å². The number of aromatic nitrogens is 3. The monoisotopic (exact) mass is 235 g/mol. The first-order valence-electron chi connectivity index (χ1n) is 5.36. The van der Waals surface area contributed by atoms with Crippen molar-refractivity contribution in [3.8, 4) is 5.69 Å². The van der Waals surface area contributed by atoms with Gasteiger partial charge in [0, 0.05) is 5.38 Å². The maximum atomic E-state index is 5.94. The summed E-state index contributed by atoms with van der Waals surface area (Å²) in [4.78, 5) is 0. The van der Waals surface area contributed by atoms with Crippen molar-refractivity contribution in [3.63, 3.8) is 0 Å². The average Bonchev–Trinajstić information content (AvgIpc) is 2.75. The van der Waals surface area contributed by atoms with Gasteiger partial charge in [-0.05, 0) is 31.9 Å². The van der Waals surface area contributed by atoms with E-state index >= 15 is 0 Å². The number of rotatable bonds is 4. The van der Waals surface area contributed by atoms with E-state index in [4.69, 9.17) is 11.6 Å². The summed E-state index contributed by atoms with van der Waals surface area (Å²) in [5, 5.41) is 8.21. The van der Waals surface area contributed by atoms with E-state index in [1.807, 2.05) is 41.9 Å². The van der Waals surface area contributed by atoms with Gasteiger partial charge in [0.2, 0.25) is 0 Å². The summed E-state index contributed by atoms with van der Waals surface area (Å²) >= 11 is 5.94. The molecule has 1 heterocycles. The lowest BCUT2D eigenvalue weighted by Crippen LogP contribution is -2.04. The van der Waals surface area contributed by atoms with Gasteiger partial charge in [-0.2, -0.15) is 0 Å². The molecule has 1 atom stereocenters. The molecule has 4 heteroatoms. The van der Waals surface area contributed by atoms with E-state index < -0.39 is 0 Å². The van der Waals surface area contributed by atoms with Crippen molar-refractivity contribution >= 4 is 11.6 Å². The predicted molar refractivity (Wildman–Crippen MR) is 65.0 cm³/mol. The molecule has 0 saturated carbocycles. The van der Waals surface area contributed by atoms with E-state index in [0.29, 0.717) is 0 Å². The third-order valence-electron chi connectivity index (χ3n) is 2.42. The number of aryl methyl sites for hydroxylation is 1. The van der Waals surface area contributed by atoms with Gasteiger partial charge in [0.1, 0.15) is 0 Å². The Balaban J connectivity index is 2.19. The Bertz CT molecular complexity index is 437. The molecule has 2 rings (SSSR count). The Labute approximate surface area is 100 Å². The third-order valence-corrected chi connectivity index (χ3v) is 2.64. The molecule has 0 radical (unpaired) electrons. The van der Waals surface area contributed by atoms with Crippen molar-refractivity contribution in [1.29, 1.82) is 0 Å². The third kappa shape index (κ3) is 2.61. The molecule has 3 nitrogen and oxygen atoms in total. The van der Waals surface area contributed by atoms with Gasteiger partial charge in [-0.1, -0.05) is 23.4 Å². The number of hydrogen-bond donors (Lipinski definition) is 0. The lowest BCUT2D eigenvalue weighted by atomic mass is 10.2. The van der Waals surface area contributed by atoms with Crippen LogP contribution in [0.3, 0.4) is 0 Å². The number of alkyl halides is 1. The molecule has 0 bridgehead atoms. The Morgan fingerprint density at radius 3 is 2.75 bits per heavy atom. The fourth-order valence-corrected chi connectivity index (χ4v) is 1.67. The van der Waals surface area contributed by atoms with Gasteiger partial charge in [0.15, 0.2) is 0 Å². The summed E-state index contributed by atoms with van der Waals surface area (Å²) in [6, 6.07) is 10.0. The number of para-hydroxylation sites is 1. The molecule has 0 N–H and O–H groups in total. The highest BCUT2D eigenvalue weighted by Crippen LogP contribution is 2.12. The van der Waals surface area contributed by atoms with Crippen molar-refractivity contribution in [2.75, 3.05) is 0 Å². The normalized spacial score (nSPS) is 12.6. The summed E-state index contributed by atoms with van der Waals surface area (Å²) in [5.41, 5.74) is 2.14. The second kappa shape index (κ2) is 5.12. The minimum atomic E-state index is 0.180. The van der Waals surface area contributed by atoms with Crippen LogP contribution >= 0.6 is 11.6 Å². The van der Waals surface area contributed by atoms with Crippen LogP contribution in [0.1, 0.15) is 19.0 Å². The van der Waals surface area contributed by atoms with Crippen molar-refractivity contribution in [1.82, 2.24) is 15.0 Å². The van der Waals surface area contributed by atoms with Crippen LogP contribution in [-0.2, 0) is 6.42 Å². The molecule has 0 saturated heterocycles. The predicted octanol–water partition coefficient (Wildman–Crippen LogP) is 2.83. The van der Waals surface area contributed by atoms with Gasteiger partial charge < -0.3 is 0 Å². The molecule has 1 aromatic heterocycles. The minimum Gasteiger partial charge on any atom is -0.218 e. The van der Waals surface area contributed by atoms with Gasteiger partial charge in [-0.15, -0.1) is 16.7 Å². The van der Waals surface area contributed by atoms with Crippen molar-refractivity contribution < 1.29 is 0 Å².